The van der Waals surface area contributed by atoms with Crippen molar-refractivity contribution in [3.05, 3.63) is 35.1 Å². The van der Waals surface area contributed by atoms with Crippen molar-refractivity contribution in [3.8, 4) is 17.1 Å². The number of aliphatic hydroxyl groups is 1. The molecule has 3 N–H and O–H groups in total. The monoisotopic (exact) mass is 323 g/mol. The van der Waals surface area contributed by atoms with Crippen molar-refractivity contribution < 1.29 is 14.2 Å². The first kappa shape index (κ1) is 15.0. The molecule has 0 bridgehead atoms. The smallest absolute Gasteiger partial charge is 0.259 e. The van der Waals surface area contributed by atoms with Crippen LogP contribution in [0.15, 0.2) is 24.3 Å². The van der Waals surface area contributed by atoms with Crippen molar-refractivity contribution in [2.24, 2.45) is 5.92 Å². The normalized spacial score (nSPS) is 16.1. The van der Waals surface area contributed by atoms with Crippen molar-refractivity contribution in [3.63, 3.8) is 0 Å². The molecule has 0 aliphatic heterocycles. The Balaban J connectivity index is 1.83. The highest BCUT2D eigenvalue weighted by atomic mass is 35.5. The second-order valence-corrected chi connectivity index (χ2v) is 5.75. The number of ether oxygens (including phenoxy) is 1. The Morgan fingerprint density at radius 3 is 2.73 bits per heavy atom. The number of aromatic nitrogens is 2. The van der Waals surface area contributed by atoms with E-state index in [0.717, 1.165) is 19.3 Å². The molecule has 116 valence electrons. The largest absolute Gasteiger partial charge is 0.445 e. The van der Waals surface area contributed by atoms with Crippen molar-refractivity contribution in [1.82, 2.24) is 10.2 Å². The lowest BCUT2D eigenvalue weighted by Gasteiger charge is -2.29. The zero-order valence-corrected chi connectivity index (χ0v) is 12.4. The van der Waals surface area contributed by atoms with E-state index in [2.05, 4.69) is 10.2 Å². The van der Waals surface area contributed by atoms with E-state index in [4.69, 9.17) is 22.1 Å². The molecule has 5 nitrogen and oxygen atoms in total. The van der Waals surface area contributed by atoms with Gasteiger partial charge in [-0.25, -0.2) is 4.39 Å². The number of nitrogens with zero attached hydrogens (tertiary/aromatic N) is 2. The molecule has 1 aromatic heterocycles. The number of nitrogens with two attached hydrogens (primary N) is 1. The van der Waals surface area contributed by atoms with Crippen molar-refractivity contribution >= 4 is 17.3 Å². The highest BCUT2D eigenvalue weighted by molar-refractivity contribution is 6.30. The Morgan fingerprint density at radius 1 is 1.32 bits per heavy atom. The van der Waals surface area contributed by atoms with Gasteiger partial charge in [-0.15, -0.1) is 10.2 Å². The number of anilines is 1. The van der Waals surface area contributed by atoms with Crippen LogP contribution >= 0.6 is 11.6 Å². The highest BCUT2D eigenvalue weighted by Gasteiger charge is 2.28. The lowest BCUT2D eigenvalue weighted by atomic mass is 9.85. The predicted molar refractivity (Wildman–Crippen MR) is 80.8 cm³/mol. The van der Waals surface area contributed by atoms with E-state index in [-0.39, 0.29) is 28.7 Å². The Bertz CT molecular complexity index is 694. The molecule has 1 saturated carbocycles. The van der Waals surface area contributed by atoms with E-state index < -0.39 is 12.1 Å². The predicted octanol–water partition coefficient (Wildman–Crippen LogP) is 3.02. The van der Waals surface area contributed by atoms with E-state index >= 15 is 0 Å². The van der Waals surface area contributed by atoms with Gasteiger partial charge in [0.1, 0.15) is 5.82 Å². The Hall–Kier alpha value is -1.92. The fourth-order valence-electron chi connectivity index (χ4n) is 2.25. The summed E-state index contributed by atoms with van der Waals surface area (Å²) in [7, 11) is 0. The average molecular weight is 324 g/mol. The van der Waals surface area contributed by atoms with Gasteiger partial charge >= 0.3 is 0 Å². The maximum atomic E-state index is 13.8. The van der Waals surface area contributed by atoms with Crippen molar-refractivity contribution in [1.29, 1.82) is 0 Å². The minimum atomic E-state index is -0.945. The van der Waals surface area contributed by atoms with Gasteiger partial charge < -0.3 is 15.6 Å². The summed E-state index contributed by atoms with van der Waals surface area (Å²) in [6, 6.07) is 5.60. The number of hydrogen-bond acceptors (Lipinski definition) is 5. The second-order valence-electron chi connectivity index (χ2n) is 5.31. The molecule has 0 radical (unpaired) electrons. The molecule has 1 aliphatic rings. The van der Waals surface area contributed by atoms with Crippen LogP contribution in [0.4, 0.5) is 10.1 Å². The minimum absolute atomic E-state index is 0.0468. The molecule has 1 atom stereocenters. The van der Waals surface area contributed by atoms with Crippen molar-refractivity contribution in [2.75, 3.05) is 5.73 Å². The van der Waals surface area contributed by atoms with Crippen LogP contribution in [0.3, 0.4) is 0 Å². The average Bonchev–Trinajstić information content (AvgIpc) is 2.42. The quantitative estimate of drug-likeness (QED) is 0.845. The summed E-state index contributed by atoms with van der Waals surface area (Å²) in [6.45, 7) is 0. The summed E-state index contributed by atoms with van der Waals surface area (Å²) in [5.74, 6) is -0.321. The molecular weight excluding hydrogens is 309 g/mol. The van der Waals surface area contributed by atoms with Gasteiger partial charge in [-0.1, -0.05) is 18.0 Å². The summed E-state index contributed by atoms with van der Waals surface area (Å²) in [5, 5.41) is 18.0. The molecule has 7 heteroatoms. The van der Waals surface area contributed by atoms with Gasteiger partial charge in [0.05, 0.1) is 11.4 Å². The van der Waals surface area contributed by atoms with Gasteiger partial charge in [0, 0.05) is 16.5 Å². The molecule has 1 heterocycles. The van der Waals surface area contributed by atoms with Crippen LogP contribution in [0.1, 0.15) is 19.3 Å². The van der Waals surface area contributed by atoms with E-state index in [9.17, 15) is 9.50 Å². The summed E-state index contributed by atoms with van der Waals surface area (Å²) in [5.41, 5.74) is 6.50. The molecule has 0 spiro atoms. The van der Waals surface area contributed by atoms with Crippen LogP contribution in [0.5, 0.6) is 5.88 Å². The molecule has 0 saturated heterocycles. The summed E-state index contributed by atoms with van der Waals surface area (Å²) in [6.07, 6.45) is 1.97. The summed E-state index contributed by atoms with van der Waals surface area (Å²) in [4.78, 5) is 0. The fraction of sp³-hybridized carbons (Fsp3) is 0.333. The summed E-state index contributed by atoms with van der Waals surface area (Å²) >= 11 is 5.86. The number of benzene rings is 1. The van der Waals surface area contributed by atoms with Crippen LogP contribution in [-0.2, 0) is 0 Å². The van der Waals surface area contributed by atoms with Gasteiger partial charge in [0.2, 0.25) is 6.29 Å². The zero-order valence-electron chi connectivity index (χ0n) is 11.7. The molecule has 1 unspecified atom stereocenters. The van der Waals surface area contributed by atoms with E-state index in [1.165, 1.54) is 24.3 Å². The number of halogens is 2. The van der Waals surface area contributed by atoms with Crippen LogP contribution in [0.2, 0.25) is 5.02 Å². The van der Waals surface area contributed by atoms with Crippen LogP contribution < -0.4 is 10.5 Å². The number of nitrogen functional groups attached to an aromatic ring is 1. The van der Waals surface area contributed by atoms with E-state index in [0.29, 0.717) is 5.02 Å². The van der Waals surface area contributed by atoms with Gasteiger partial charge in [0.25, 0.3) is 5.88 Å². The third-order valence-corrected chi connectivity index (χ3v) is 4.01. The molecule has 0 amide bonds. The number of hydrogen-bond donors (Lipinski definition) is 2. The topological polar surface area (TPSA) is 81.3 Å². The molecule has 1 aliphatic carbocycles. The van der Waals surface area contributed by atoms with Gasteiger partial charge in [-0.05, 0) is 37.1 Å². The lowest BCUT2D eigenvalue weighted by Crippen LogP contribution is -2.32. The molecule has 3 rings (SSSR count). The second kappa shape index (κ2) is 6.06. The Labute approximate surface area is 131 Å². The van der Waals surface area contributed by atoms with Gasteiger partial charge in [-0.3, -0.25) is 0 Å². The van der Waals surface area contributed by atoms with Crippen LogP contribution in [0, 0.1) is 11.7 Å². The first-order chi connectivity index (χ1) is 10.5. The van der Waals surface area contributed by atoms with E-state index in [1.807, 2.05) is 0 Å². The van der Waals surface area contributed by atoms with Crippen LogP contribution in [0.25, 0.3) is 11.3 Å². The molecule has 1 fully saturated rings. The maximum absolute atomic E-state index is 13.8. The molecule has 22 heavy (non-hydrogen) atoms. The highest BCUT2D eigenvalue weighted by Crippen LogP contribution is 2.32. The Kier molecular flexibility index (Phi) is 4.13. The minimum Gasteiger partial charge on any atom is -0.445 e. The molecular formula is C15H15ClFN3O2. The fourth-order valence-corrected chi connectivity index (χ4v) is 2.42. The first-order valence-electron chi connectivity index (χ1n) is 6.98. The SMILES string of the molecule is Nc1cc(-c2cc(Cl)ccc2F)nnc1OC(O)C1CCC1. The lowest BCUT2D eigenvalue weighted by molar-refractivity contribution is -0.0879. The number of aliphatic hydroxyl groups excluding tert-OH is 1. The Morgan fingerprint density at radius 2 is 2.09 bits per heavy atom. The van der Waals surface area contributed by atoms with Crippen molar-refractivity contribution in [2.45, 2.75) is 25.6 Å². The molecule has 2 aromatic rings. The van der Waals surface area contributed by atoms with Gasteiger partial charge in [0.15, 0.2) is 0 Å². The number of rotatable bonds is 4. The van der Waals surface area contributed by atoms with E-state index in [1.54, 1.807) is 0 Å². The third-order valence-electron chi connectivity index (χ3n) is 3.78. The van der Waals surface area contributed by atoms with Gasteiger partial charge in [-0.2, -0.15) is 0 Å². The molecule has 1 aromatic carbocycles. The maximum Gasteiger partial charge on any atom is 0.259 e. The zero-order chi connectivity index (χ0) is 15.7. The first-order valence-corrected chi connectivity index (χ1v) is 7.36. The summed E-state index contributed by atoms with van der Waals surface area (Å²) < 4.78 is 19.1. The third kappa shape index (κ3) is 2.98. The standard InChI is InChI=1S/C15H15ClFN3O2/c16-9-4-5-11(17)10(6-9)13-7-12(18)14(20-19-13)22-15(21)8-2-1-3-8/h4-8,15,21H,1-3H2,(H2,18,19). The van der Waals surface area contributed by atoms with Crippen LogP contribution in [-0.4, -0.2) is 21.6 Å².